The number of carboxylic acid groups (broad SMARTS) is 1. The summed E-state index contributed by atoms with van der Waals surface area (Å²) in [5.74, 6) is -0.442. The number of rotatable bonds is 7. The summed E-state index contributed by atoms with van der Waals surface area (Å²) in [6, 6.07) is 4.65. The van der Waals surface area contributed by atoms with Crippen molar-refractivity contribution in [2.45, 2.75) is 19.0 Å². The molecule has 0 saturated heterocycles. The molecule has 0 aromatic heterocycles. The highest BCUT2D eigenvalue weighted by Crippen LogP contribution is 2.29. The molecule has 0 aliphatic heterocycles. The molecule has 0 bridgehead atoms. The second-order valence-electron chi connectivity index (χ2n) is 4.15. The first-order chi connectivity index (χ1) is 9.81. The van der Waals surface area contributed by atoms with Crippen molar-refractivity contribution in [3.8, 4) is 11.5 Å². The maximum atomic E-state index is 12.0. The maximum Gasteiger partial charge on any atom is 0.389 e. The monoisotopic (exact) mass is 304 g/mol. The van der Waals surface area contributed by atoms with Crippen LogP contribution in [0.4, 0.5) is 13.2 Å². The van der Waals surface area contributed by atoms with E-state index in [-0.39, 0.29) is 13.0 Å². The first-order valence-corrected chi connectivity index (χ1v) is 6.10. The Hall–Kier alpha value is -2.18. The van der Waals surface area contributed by atoms with E-state index in [2.05, 4.69) is 0 Å². The molecule has 0 saturated carbocycles. The Labute approximate surface area is 119 Å². The normalized spacial score (nSPS) is 11.6. The average molecular weight is 304 g/mol. The average Bonchev–Trinajstić information content (AvgIpc) is 2.40. The van der Waals surface area contributed by atoms with Crippen LogP contribution in [0.25, 0.3) is 6.08 Å². The van der Waals surface area contributed by atoms with Gasteiger partial charge in [-0.25, -0.2) is 4.79 Å². The number of hydrogen-bond donors (Lipinski definition) is 1. The van der Waals surface area contributed by atoms with E-state index in [0.717, 1.165) is 6.08 Å². The number of aliphatic carboxylic acids is 1. The second-order valence-corrected chi connectivity index (χ2v) is 4.15. The fourth-order valence-corrected chi connectivity index (χ4v) is 1.53. The molecule has 0 atom stereocenters. The van der Waals surface area contributed by atoms with Gasteiger partial charge in [0, 0.05) is 12.5 Å². The number of ether oxygens (including phenoxy) is 2. The molecule has 1 aromatic rings. The van der Waals surface area contributed by atoms with Gasteiger partial charge in [-0.1, -0.05) is 6.07 Å². The van der Waals surface area contributed by atoms with Gasteiger partial charge in [0.2, 0.25) is 0 Å². The molecule has 0 aliphatic rings. The van der Waals surface area contributed by atoms with Crippen LogP contribution in [0, 0.1) is 0 Å². The predicted molar refractivity (Wildman–Crippen MR) is 70.4 cm³/mol. The third-order valence-electron chi connectivity index (χ3n) is 2.47. The maximum absolute atomic E-state index is 12.0. The van der Waals surface area contributed by atoms with Crippen LogP contribution in [0.1, 0.15) is 18.4 Å². The predicted octanol–water partition coefficient (Wildman–Crippen LogP) is 3.51. The Kier molecular flexibility index (Phi) is 6.08. The van der Waals surface area contributed by atoms with Crippen molar-refractivity contribution in [2.75, 3.05) is 13.7 Å². The van der Waals surface area contributed by atoms with Gasteiger partial charge < -0.3 is 14.6 Å². The van der Waals surface area contributed by atoms with Crippen LogP contribution in [0.2, 0.25) is 0 Å². The Balaban J connectivity index is 2.64. The van der Waals surface area contributed by atoms with Gasteiger partial charge in [0.1, 0.15) is 0 Å². The quantitative estimate of drug-likeness (QED) is 0.618. The van der Waals surface area contributed by atoms with Crippen molar-refractivity contribution in [3.63, 3.8) is 0 Å². The topological polar surface area (TPSA) is 55.8 Å². The van der Waals surface area contributed by atoms with Crippen LogP contribution in [-0.4, -0.2) is 31.0 Å². The van der Waals surface area contributed by atoms with Crippen LogP contribution >= 0.6 is 0 Å². The summed E-state index contributed by atoms with van der Waals surface area (Å²) >= 11 is 0. The van der Waals surface area contributed by atoms with Crippen molar-refractivity contribution < 1.29 is 32.5 Å². The summed E-state index contributed by atoms with van der Waals surface area (Å²) in [5, 5.41) is 8.53. The van der Waals surface area contributed by atoms with Gasteiger partial charge in [0.15, 0.2) is 11.5 Å². The van der Waals surface area contributed by atoms with Gasteiger partial charge in [-0.3, -0.25) is 0 Å². The molecule has 1 rings (SSSR count). The lowest BCUT2D eigenvalue weighted by molar-refractivity contribution is -0.136. The standard InChI is InChI=1S/C14H15F3O4/c1-20-12-9-10(4-6-13(18)19)3-5-11(12)21-8-2-7-14(15,16)17/h3-6,9H,2,7-8H2,1H3,(H,18,19)/b6-4+. The van der Waals surface area contributed by atoms with E-state index >= 15 is 0 Å². The molecule has 0 radical (unpaired) electrons. The number of carbonyl (C=O) groups is 1. The molecule has 0 aliphatic carbocycles. The SMILES string of the molecule is COc1cc(/C=C/C(=O)O)ccc1OCCCC(F)(F)F. The Bertz CT molecular complexity index is 509. The van der Waals surface area contributed by atoms with Gasteiger partial charge in [-0.2, -0.15) is 13.2 Å². The smallest absolute Gasteiger partial charge is 0.389 e. The highest BCUT2D eigenvalue weighted by atomic mass is 19.4. The largest absolute Gasteiger partial charge is 0.493 e. The number of hydrogen-bond acceptors (Lipinski definition) is 3. The molecule has 1 aromatic carbocycles. The molecular formula is C14H15F3O4. The van der Waals surface area contributed by atoms with E-state index in [0.29, 0.717) is 17.1 Å². The second kappa shape index (κ2) is 7.56. The van der Waals surface area contributed by atoms with Crippen LogP contribution < -0.4 is 9.47 Å². The molecular weight excluding hydrogens is 289 g/mol. The van der Waals surface area contributed by atoms with Crippen LogP contribution in [-0.2, 0) is 4.79 Å². The van der Waals surface area contributed by atoms with E-state index < -0.39 is 18.6 Å². The Morgan fingerprint density at radius 3 is 2.62 bits per heavy atom. The highest BCUT2D eigenvalue weighted by Gasteiger charge is 2.26. The molecule has 0 amide bonds. The van der Waals surface area contributed by atoms with Crippen molar-refractivity contribution in [2.24, 2.45) is 0 Å². The Morgan fingerprint density at radius 2 is 2.05 bits per heavy atom. The van der Waals surface area contributed by atoms with Crippen LogP contribution in [0.3, 0.4) is 0 Å². The van der Waals surface area contributed by atoms with Crippen molar-refractivity contribution in [1.29, 1.82) is 0 Å². The fraction of sp³-hybridized carbons (Fsp3) is 0.357. The summed E-state index contributed by atoms with van der Waals surface area (Å²) in [6.07, 6.45) is -2.90. The van der Waals surface area contributed by atoms with E-state index in [9.17, 15) is 18.0 Å². The van der Waals surface area contributed by atoms with E-state index in [1.807, 2.05) is 0 Å². The van der Waals surface area contributed by atoms with Crippen molar-refractivity contribution in [1.82, 2.24) is 0 Å². The molecule has 0 unspecified atom stereocenters. The molecule has 7 heteroatoms. The third kappa shape index (κ3) is 6.69. The summed E-state index contributed by atoms with van der Waals surface area (Å²) in [7, 11) is 1.39. The number of benzene rings is 1. The van der Waals surface area contributed by atoms with Gasteiger partial charge in [0.25, 0.3) is 0 Å². The lowest BCUT2D eigenvalue weighted by Gasteiger charge is -2.12. The molecule has 21 heavy (non-hydrogen) atoms. The molecule has 1 N–H and O–H groups in total. The van der Waals surface area contributed by atoms with Crippen molar-refractivity contribution >= 4 is 12.0 Å². The van der Waals surface area contributed by atoms with E-state index in [1.165, 1.54) is 19.3 Å². The zero-order valence-electron chi connectivity index (χ0n) is 11.3. The van der Waals surface area contributed by atoms with E-state index in [1.54, 1.807) is 12.1 Å². The molecule has 0 spiro atoms. The minimum atomic E-state index is -4.20. The molecule has 4 nitrogen and oxygen atoms in total. The number of methoxy groups -OCH3 is 1. The molecule has 0 heterocycles. The summed E-state index contributed by atoms with van der Waals surface area (Å²) < 4.78 is 46.3. The molecule has 116 valence electrons. The minimum Gasteiger partial charge on any atom is -0.493 e. The zero-order valence-corrected chi connectivity index (χ0v) is 11.3. The number of halogens is 3. The van der Waals surface area contributed by atoms with Gasteiger partial charge in [-0.15, -0.1) is 0 Å². The lowest BCUT2D eigenvalue weighted by atomic mass is 10.2. The fourth-order valence-electron chi connectivity index (χ4n) is 1.53. The Morgan fingerprint density at radius 1 is 1.33 bits per heavy atom. The summed E-state index contributed by atoms with van der Waals surface area (Å²) in [5.41, 5.74) is 0.580. The molecule has 0 fully saturated rings. The van der Waals surface area contributed by atoms with Gasteiger partial charge in [0.05, 0.1) is 13.7 Å². The zero-order chi connectivity index (χ0) is 15.9. The highest BCUT2D eigenvalue weighted by molar-refractivity contribution is 5.85. The van der Waals surface area contributed by atoms with Crippen molar-refractivity contribution in [3.05, 3.63) is 29.8 Å². The number of carboxylic acids is 1. The minimum absolute atomic E-state index is 0.0832. The van der Waals surface area contributed by atoms with Crippen LogP contribution in [0.5, 0.6) is 11.5 Å². The summed E-state index contributed by atoms with van der Waals surface area (Å²) in [6.45, 7) is -0.0832. The third-order valence-corrected chi connectivity index (χ3v) is 2.47. The van der Waals surface area contributed by atoms with Gasteiger partial charge in [-0.05, 0) is 30.2 Å². The first kappa shape index (κ1) is 16.9. The first-order valence-electron chi connectivity index (χ1n) is 6.10. The van der Waals surface area contributed by atoms with E-state index in [4.69, 9.17) is 14.6 Å². The summed E-state index contributed by atoms with van der Waals surface area (Å²) in [4.78, 5) is 10.4. The number of alkyl halides is 3. The lowest BCUT2D eigenvalue weighted by Crippen LogP contribution is -2.10. The van der Waals surface area contributed by atoms with Crippen LogP contribution in [0.15, 0.2) is 24.3 Å². The van der Waals surface area contributed by atoms with Gasteiger partial charge >= 0.3 is 12.1 Å².